The fourth-order valence-electron chi connectivity index (χ4n) is 4.58. The first kappa shape index (κ1) is 18.8. The van der Waals surface area contributed by atoms with Crippen LogP contribution in [0.1, 0.15) is 27.2 Å². The maximum atomic E-state index is 14.6. The van der Waals surface area contributed by atoms with Gasteiger partial charge < -0.3 is 15.4 Å². The van der Waals surface area contributed by atoms with Crippen molar-refractivity contribution in [1.82, 2.24) is 19.7 Å². The lowest BCUT2D eigenvalue weighted by Gasteiger charge is -2.14. The van der Waals surface area contributed by atoms with Crippen LogP contribution in [0.15, 0.2) is 48.9 Å². The molecule has 0 spiro atoms. The van der Waals surface area contributed by atoms with E-state index in [1.807, 2.05) is 18.2 Å². The molecular weight excluding hydrogens is 409 g/mol. The summed E-state index contributed by atoms with van der Waals surface area (Å²) >= 11 is 0. The molecule has 7 nitrogen and oxygen atoms in total. The smallest absolute Gasteiger partial charge is 0.272 e. The van der Waals surface area contributed by atoms with Crippen LogP contribution in [-0.4, -0.2) is 33.4 Å². The number of halogens is 1. The summed E-state index contributed by atoms with van der Waals surface area (Å²) in [6.07, 6.45) is 4.74. The molecule has 0 saturated carbocycles. The van der Waals surface area contributed by atoms with Crippen molar-refractivity contribution in [3.8, 4) is 16.9 Å². The minimum Gasteiger partial charge on any atom is -0.493 e. The summed E-state index contributed by atoms with van der Waals surface area (Å²) in [5, 5.41) is 6.18. The van der Waals surface area contributed by atoms with Crippen molar-refractivity contribution < 1.29 is 13.9 Å². The number of imidazole rings is 1. The van der Waals surface area contributed by atoms with Gasteiger partial charge in [-0.25, -0.2) is 14.4 Å². The van der Waals surface area contributed by atoms with E-state index in [0.717, 1.165) is 34.4 Å². The average molecular weight is 429 g/mol. The number of hydrogen-bond acceptors (Lipinski definition) is 5. The average Bonchev–Trinajstić information content (AvgIpc) is 3.46. The Hall–Kier alpha value is -3.94. The lowest BCUT2D eigenvalue weighted by atomic mass is 9.98. The van der Waals surface area contributed by atoms with E-state index >= 15 is 0 Å². The van der Waals surface area contributed by atoms with Gasteiger partial charge in [-0.05, 0) is 29.7 Å². The summed E-state index contributed by atoms with van der Waals surface area (Å²) in [6, 6.07) is 11.2. The number of amides is 1. The normalized spacial score (nSPS) is 14.6. The van der Waals surface area contributed by atoms with Crippen LogP contribution >= 0.6 is 0 Å². The minimum atomic E-state index is -0.278. The van der Waals surface area contributed by atoms with Crippen molar-refractivity contribution in [2.24, 2.45) is 0 Å². The topological polar surface area (TPSA) is 80.5 Å². The van der Waals surface area contributed by atoms with E-state index in [1.165, 1.54) is 6.07 Å². The molecule has 4 heterocycles. The van der Waals surface area contributed by atoms with E-state index in [1.54, 1.807) is 23.0 Å². The number of hydrogen-bond donors (Lipinski definition) is 2. The Morgan fingerprint density at radius 3 is 2.97 bits per heavy atom. The molecule has 2 aliphatic rings. The van der Waals surface area contributed by atoms with Gasteiger partial charge in [0.25, 0.3) is 5.91 Å². The van der Waals surface area contributed by atoms with Crippen molar-refractivity contribution >= 4 is 17.4 Å². The molecule has 2 aromatic carbocycles. The summed E-state index contributed by atoms with van der Waals surface area (Å²) in [4.78, 5) is 21.8. The molecule has 0 radical (unpaired) electrons. The van der Waals surface area contributed by atoms with Crippen LogP contribution in [0.4, 0.5) is 10.3 Å². The molecule has 6 rings (SSSR count). The number of aromatic nitrogens is 3. The largest absolute Gasteiger partial charge is 0.493 e. The second kappa shape index (κ2) is 7.33. The van der Waals surface area contributed by atoms with Gasteiger partial charge in [0, 0.05) is 42.4 Å². The van der Waals surface area contributed by atoms with Gasteiger partial charge in [0.05, 0.1) is 12.1 Å². The van der Waals surface area contributed by atoms with Gasteiger partial charge >= 0.3 is 0 Å². The van der Waals surface area contributed by atoms with Crippen molar-refractivity contribution in [2.75, 3.05) is 18.5 Å². The fourth-order valence-corrected chi connectivity index (χ4v) is 4.58. The van der Waals surface area contributed by atoms with Crippen LogP contribution in [0.5, 0.6) is 5.75 Å². The zero-order chi connectivity index (χ0) is 21.7. The lowest BCUT2D eigenvalue weighted by Crippen LogP contribution is -2.25. The standard InChI is InChI=1S/C24H20FN5O2/c25-19-5-6-20-16(8-10-32-20)17(19)11-27-24-28-12-18-15-4-2-1-3-14(15)7-9-26-23(31)21-22(18)30(24)13-29-21/h1-6,12-13H,7-11H2,(H,26,31)(H,27,28). The highest BCUT2D eigenvalue weighted by molar-refractivity contribution is 6.03. The van der Waals surface area contributed by atoms with Gasteiger partial charge in [-0.1, -0.05) is 24.3 Å². The first-order valence-corrected chi connectivity index (χ1v) is 10.6. The Kier molecular flexibility index (Phi) is 4.31. The monoisotopic (exact) mass is 429 g/mol. The minimum absolute atomic E-state index is 0.220. The lowest BCUT2D eigenvalue weighted by molar-refractivity contribution is 0.0951. The SMILES string of the molecule is O=C1NCCc2ccccc2-c2cnc(NCc3c(F)ccc4c3CCO4)n3cnc1c23. The summed E-state index contributed by atoms with van der Waals surface area (Å²) < 4.78 is 21.9. The van der Waals surface area contributed by atoms with Crippen LogP contribution in [0, 0.1) is 5.82 Å². The van der Waals surface area contributed by atoms with E-state index in [4.69, 9.17) is 4.74 Å². The van der Waals surface area contributed by atoms with Crippen LogP contribution in [0.3, 0.4) is 0 Å². The number of rotatable bonds is 3. The highest BCUT2D eigenvalue weighted by Gasteiger charge is 2.23. The zero-order valence-electron chi connectivity index (χ0n) is 17.2. The number of ether oxygens (including phenoxy) is 1. The first-order valence-electron chi connectivity index (χ1n) is 10.6. The quantitative estimate of drug-likeness (QED) is 0.522. The van der Waals surface area contributed by atoms with Crippen LogP contribution in [-0.2, 0) is 19.4 Å². The van der Waals surface area contributed by atoms with E-state index in [2.05, 4.69) is 26.7 Å². The Morgan fingerprint density at radius 2 is 2.03 bits per heavy atom. The van der Waals surface area contributed by atoms with Crippen molar-refractivity contribution in [2.45, 2.75) is 19.4 Å². The number of benzene rings is 2. The van der Waals surface area contributed by atoms with Gasteiger partial charge in [-0.15, -0.1) is 0 Å². The Labute approximate surface area is 183 Å². The number of fused-ring (bicyclic) bond motifs is 3. The molecule has 4 aromatic rings. The Bertz CT molecular complexity index is 1380. The number of carbonyl (C=O) groups excluding carboxylic acids is 1. The molecule has 0 atom stereocenters. The van der Waals surface area contributed by atoms with Crippen LogP contribution in [0.25, 0.3) is 16.6 Å². The third kappa shape index (κ3) is 2.90. The third-order valence-electron chi connectivity index (χ3n) is 6.13. The Balaban J connectivity index is 1.46. The van der Waals surface area contributed by atoms with E-state index in [0.29, 0.717) is 42.3 Å². The molecule has 0 bridgehead atoms. The second-order valence-corrected chi connectivity index (χ2v) is 7.92. The highest BCUT2D eigenvalue weighted by atomic mass is 19.1. The van der Waals surface area contributed by atoms with E-state index in [-0.39, 0.29) is 18.3 Å². The maximum absolute atomic E-state index is 14.6. The van der Waals surface area contributed by atoms with Crippen molar-refractivity contribution in [1.29, 1.82) is 0 Å². The fraction of sp³-hybridized carbons (Fsp3) is 0.208. The molecule has 2 N–H and O–H groups in total. The maximum Gasteiger partial charge on any atom is 0.272 e. The van der Waals surface area contributed by atoms with Gasteiger partial charge in [-0.3, -0.25) is 9.20 Å². The highest BCUT2D eigenvalue weighted by Crippen LogP contribution is 2.33. The number of anilines is 1. The molecule has 0 saturated heterocycles. The van der Waals surface area contributed by atoms with Gasteiger partial charge in [0.15, 0.2) is 5.69 Å². The van der Waals surface area contributed by atoms with Crippen molar-refractivity contribution in [3.05, 3.63) is 77.1 Å². The Morgan fingerprint density at radius 1 is 1.12 bits per heavy atom. The second-order valence-electron chi connectivity index (χ2n) is 7.92. The van der Waals surface area contributed by atoms with Crippen LogP contribution < -0.4 is 15.4 Å². The molecule has 2 aliphatic heterocycles. The molecular formula is C24H20FN5O2. The number of nitrogens with zero attached hydrogens (tertiary/aromatic N) is 3. The molecule has 160 valence electrons. The molecule has 32 heavy (non-hydrogen) atoms. The molecule has 2 aromatic heterocycles. The molecule has 0 unspecified atom stereocenters. The van der Waals surface area contributed by atoms with E-state index < -0.39 is 0 Å². The first-order chi connectivity index (χ1) is 15.7. The summed E-state index contributed by atoms with van der Waals surface area (Å²) in [7, 11) is 0. The number of nitrogens with one attached hydrogen (secondary N) is 2. The molecule has 1 amide bonds. The van der Waals surface area contributed by atoms with Crippen LogP contribution in [0.2, 0.25) is 0 Å². The summed E-state index contributed by atoms with van der Waals surface area (Å²) in [5.74, 6) is 0.721. The van der Waals surface area contributed by atoms with Crippen molar-refractivity contribution in [3.63, 3.8) is 0 Å². The van der Waals surface area contributed by atoms with Gasteiger partial charge in [-0.2, -0.15) is 0 Å². The number of carbonyl (C=O) groups is 1. The summed E-state index contributed by atoms with van der Waals surface area (Å²) in [5.41, 5.74) is 5.48. The molecule has 8 heteroatoms. The zero-order valence-corrected chi connectivity index (χ0v) is 17.2. The van der Waals surface area contributed by atoms with Gasteiger partial charge in [0.2, 0.25) is 5.95 Å². The van der Waals surface area contributed by atoms with E-state index in [9.17, 15) is 9.18 Å². The predicted molar refractivity (Wildman–Crippen MR) is 117 cm³/mol. The predicted octanol–water partition coefficient (Wildman–Crippen LogP) is 3.37. The summed E-state index contributed by atoms with van der Waals surface area (Å²) in [6.45, 7) is 1.33. The van der Waals surface area contributed by atoms with Gasteiger partial charge in [0.1, 0.15) is 17.9 Å². The third-order valence-corrected chi connectivity index (χ3v) is 6.13. The molecule has 0 aliphatic carbocycles. The molecule has 0 fully saturated rings.